The Labute approximate surface area is 103 Å². The fourth-order valence-electron chi connectivity index (χ4n) is 3.12. The second kappa shape index (κ2) is 4.69. The second-order valence-corrected chi connectivity index (χ2v) is 5.32. The minimum absolute atomic E-state index is 0.555. The van der Waals surface area contributed by atoms with E-state index in [1.807, 2.05) is 0 Å². The normalized spacial score (nSPS) is 23.9. The third-order valence-corrected chi connectivity index (χ3v) is 4.32. The lowest BCUT2D eigenvalue weighted by molar-refractivity contribution is 0.256. The van der Waals surface area contributed by atoms with Gasteiger partial charge in [-0.3, -0.25) is 0 Å². The highest BCUT2D eigenvalue weighted by Gasteiger charge is 2.27. The molecule has 17 heavy (non-hydrogen) atoms. The summed E-state index contributed by atoms with van der Waals surface area (Å²) in [4.78, 5) is 0. The number of benzene rings is 1. The molecule has 1 atom stereocenters. The number of methoxy groups -OCH3 is 1. The molecule has 0 radical (unpaired) electrons. The fourth-order valence-corrected chi connectivity index (χ4v) is 3.12. The van der Waals surface area contributed by atoms with Gasteiger partial charge in [-0.25, -0.2) is 0 Å². The number of ether oxygens (including phenoxy) is 1. The highest BCUT2D eigenvalue weighted by molar-refractivity contribution is 5.43. The van der Waals surface area contributed by atoms with Gasteiger partial charge < -0.3 is 10.1 Å². The van der Waals surface area contributed by atoms with E-state index in [0.29, 0.717) is 6.04 Å². The summed E-state index contributed by atoms with van der Waals surface area (Å²) in [6.45, 7) is 1.09. The summed E-state index contributed by atoms with van der Waals surface area (Å²) in [7, 11) is 1.78. The van der Waals surface area contributed by atoms with Crippen LogP contribution in [0.3, 0.4) is 0 Å². The zero-order valence-corrected chi connectivity index (χ0v) is 10.5. The van der Waals surface area contributed by atoms with E-state index >= 15 is 0 Å². The molecule has 1 aromatic carbocycles. The van der Waals surface area contributed by atoms with Crippen molar-refractivity contribution < 1.29 is 4.74 Å². The van der Waals surface area contributed by atoms with Gasteiger partial charge in [0.05, 0.1) is 7.11 Å². The first-order valence-corrected chi connectivity index (χ1v) is 6.77. The molecule has 3 rings (SSSR count). The van der Waals surface area contributed by atoms with E-state index in [2.05, 4.69) is 23.5 Å². The molecule has 1 aliphatic carbocycles. The third-order valence-electron chi connectivity index (χ3n) is 4.32. The molecule has 92 valence electrons. The summed E-state index contributed by atoms with van der Waals surface area (Å²) in [6, 6.07) is 7.04. The quantitative estimate of drug-likeness (QED) is 0.863. The molecule has 1 aromatic rings. The molecule has 1 heterocycles. The van der Waals surface area contributed by atoms with E-state index in [1.165, 1.54) is 36.8 Å². The Morgan fingerprint density at radius 1 is 1.35 bits per heavy atom. The molecule has 1 saturated carbocycles. The van der Waals surface area contributed by atoms with Crippen molar-refractivity contribution in [3.8, 4) is 5.75 Å². The van der Waals surface area contributed by atoms with Gasteiger partial charge in [0, 0.05) is 11.6 Å². The average Bonchev–Trinajstić information content (AvgIpc) is 2.33. The lowest BCUT2D eigenvalue weighted by Crippen LogP contribution is -2.32. The van der Waals surface area contributed by atoms with Gasteiger partial charge in [-0.2, -0.15) is 0 Å². The molecular weight excluding hydrogens is 210 g/mol. The minimum Gasteiger partial charge on any atom is -0.496 e. The molecule has 1 unspecified atom stereocenters. The Balaban J connectivity index is 1.85. The van der Waals surface area contributed by atoms with Crippen LogP contribution in [-0.2, 0) is 6.42 Å². The molecule has 1 aliphatic heterocycles. The zero-order valence-electron chi connectivity index (χ0n) is 10.5. The van der Waals surface area contributed by atoms with Crippen LogP contribution in [-0.4, -0.2) is 13.7 Å². The van der Waals surface area contributed by atoms with Gasteiger partial charge >= 0.3 is 0 Å². The van der Waals surface area contributed by atoms with Gasteiger partial charge in [0.1, 0.15) is 5.75 Å². The molecule has 0 spiro atoms. The smallest absolute Gasteiger partial charge is 0.122 e. The van der Waals surface area contributed by atoms with Crippen molar-refractivity contribution in [1.29, 1.82) is 0 Å². The van der Waals surface area contributed by atoms with Crippen molar-refractivity contribution >= 4 is 0 Å². The lowest BCUT2D eigenvalue weighted by Gasteiger charge is -2.34. The highest BCUT2D eigenvalue weighted by Crippen LogP contribution is 2.38. The first-order chi connectivity index (χ1) is 8.38. The first-order valence-electron chi connectivity index (χ1n) is 6.77. The van der Waals surface area contributed by atoms with Crippen molar-refractivity contribution in [3.05, 3.63) is 29.3 Å². The van der Waals surface area contributed by atoms with Gasteiger partial charge in [-0.15, -0.1) is 0 Å². The number of hydrogen-bond donors (Lipinski definition) is 1. The van der Waals surface area contributed by atoms with Crippen LogP contribution < -0.4 is 10.1 Å². The Bertz CT molecular complexity index is 398. The molecule has 2 heteroatoms. The van der Waals surface area contributed by atoms with Crippen molar-refractivity contribution in [2.45, 2.75) is 38.1 Å². The van der Waals surface area contributed by atoms with Crippen LogP contribution in [0.1, 0.15) is 42.9 Å². The minimum atomic E-state index is 0.555. The molecular formula is C15H21NO. The van der Waals surface area contributed by atoms with Crippen molar-refractivity contribution in [2.24, 2.45) is 5.92 Å². The van der Waals surface area contributed by atoms with Crippen molar-refractivity contribution in [2.75, 3.05) is 13.7 Å². The second-order valence-electron chi connectivity index (χ2n) is 5.32. The molecule has 0 bridgehead atoms. The molecule has 1 fully saturated rings. The van der Waals surface area contributed by atoms with E-state index in [9.17, 15) is 0 Å². The van der Waals surface area contributed by atoms with E-state index in [4.69, 9.17) is 4.74 Å². The summed E-state index contributed by atoms with van der Waals surface area (Å²) in [5.74, 6) is 2.02. The van der Waals surface area contributed by atoms with Crippen molar-refractivity contribution in [3.63, 3.8) is 0 Å². The predicted molar refractivity (Wildman–Crippen MR) is 69.4 cm³/mol. The highest BCUT2D eigenvalue weighted by atomic mass is 16.5. The monoisotopic (exact) mass is 231 g/mol. The number of hydrogen-bond acceptors (Lipinski definition) is 2. The maximum atomic E-state index is 5.48. The Hall–Kier alpha value is -1.02. The number of fused-ring (bicyclic) bond motifs is 1. The van der Waals surface area contributed by atoms with E-state index in [0.717, 1.165) is 24.6 Å². The summed E-state index contributed by atoms with van der Waals surface area (Å²) < 4.78 is 5.48. The lowest BCUT2D eigenvalue weighted by atomic mass is 9.78. The summed E-state index contributed by atoms with van der Waals surface area (Å²) >= 11 is 0. The van der Waals surface area contributed by atoms with Crippen LogP contribution in [0.15, 0.2) is 18.2 Å². The Morgan fingerprint density at radius 2 is 2.24 bits per heavy atom. The molecule has 0 amide bonds. The van der Waals surface area contributed by atoms with Gasteiger partial charge in [-0.05, 0) is 36.9 Å². The van der Waals surface area contributed by atoms with Crippen LogP contribution in [0, 0.1) is 5.92 Å². The van der Waals surface area contributed by atoms with Crippen LogP contribution in [0.25, 0.3) is 0 Å². The Morgan fingerprint density at radius 3 is 2.94 bits per heavy atom. The maximum absolute atomic E-state index is 5.48. The standard InChI is InChI=1S/C15H21NO/c1-17-15-7-3-6-12-13(15)8-9-16-14(12)10-11-4-2-5-11/h3,6-7,11,14,16H,2,4-5,8-10H2,1H3. The Kier molecular flexibility index (Phi) is 3.06. The van der Waals surface area contributed by atoms with Crippen LogP contribution in [0.2, 0.25) is 0 Å². The average molecular weight is 231 g/mol. The van der Waals surface area contributed by atoms with E-state index in [1.54, 1.807) is 7.11 Å². The summed E-state index contributed by atoms with van der Waals surface area (Å²) in [5.41, 5.74) is 2.90. The van der Waals surface area contributed by atoms with Crippen molar-refractivity contribution in [1.82, 2.24) is 5.32 Å². The SMILES string of the molecule is COc1cccc2c1CCNC2CC1CCC1. The predicted octanol–water partition coefficient (Wildman–Crippen LogP) is 3.07. The van der Waals surface area contributed by atoms with Gasteiger partial charge in [0.2, 0.25) is 0 Å². The third kappa shape index (κ3) is 2.06. The number of nitrogens with one attached hydrogen (secondary N) is 1. The van der Waals surface area contributed by atoms with Crippen LogP contribution >= 0.6 is 0 Å². The van der Waals surface area contributed by atoms with Crippen LogP contribution in [0.5, 0.6) is 5.75 Å². The largest absolute Gasteiger partial charge is 0.496 e. The topological polar surface area (TPSA) is 21.3 Å². The maximum Gasteiger partial charge on any atom is 0.122 e. The van der Waals surface area contributed by atoms with Gasteiger partial charge in [0.15, 0.2) is 0 Å². The molecule has 1 N–H and O–H groups in total. The first kappa shape index (κ1) is 11.1. The van der Waals surface area contributed by atoms with Crippen LogP contribution in [0.4, 0.5) is 0 Å². The molecule has 2 nitrogen and oxygen atoms in total. The fraction of sp³-hybridized carbons (Fsp3) is 0.600. The van der Waals surface area contributed by atoms with Gasteiger partial charge in [0.25, 0.3) is 0 Å². The molecule has 0 saturated heterocycles. The summed E-state index contributed by atoms with van der Waals surface area (Å²) in [6.07, 6.45) is 6.69. The zero-order chi connectivity index (χ0) is 11.7. The molecule has 0 aromatic heterocycles. The van der Waals surface area contributed by atoms with E-state index in [-0.39, 0.29) is 0 Å². The summed E-state index contributed by atoms with van der Waals surface area (Å²) in [5, 5.41) is 3.67. The van der Waals surface area contributed by atoms with E-state index < -0.39 is 0 Å². The van der Waals surface area contributed by atoms with Gasteiger partial charge in [-0.1, -0.05) is 31.4 Å². The molecule has 2 aliphatic rings. The number of rotatable bonds is 3.